The molecule has 0 bridgehead atoms. The van der Waals surface area contributed by atoms with Crippen molar-refractivity contribution in [1.29, 1.82) is 0 Å². The van der Waals surface area contributed by atoms with Crippen LogP contribution in [-0.2, 0) is 4.79 Å². The Bertz CT molecular complexity index is 765. The second-order valence-electron chi connectivity index (χ2n) is 6.20. The van der Waals surface area contributed by atoms with Gasteiger partial charge in [0.05, 0.1) is 11.4 Å². The molecule has 4 nitrogen and oxygen atoms in total. The molecule has 0 aromatic heterocycles. The Labute approximate surface area is 135 Å². The van der Waals surface area contributed by atoms with Crippen LogP contribution in [0, 0.1) is 5.92 Å². The van der Waals surface area contributed by atoms with E-state index in [1.807, 2.05) is 59.5 Å². The van der Waals surface area contributed by atoms with E-state index in [0.29, 0.717) is 5.92 Å². The van der Waals surface area contributed by atoms with Crippen molar-refractivity contribution in [3.05, 3.63) is 65.7 Å². The number of anilines is 1. The monoisotopic (exact) mass is 305 g/mol. The molecular formula is C19H19N3O. The van der Waals surface area contributed by atoms with Gasteiger partial charge in [-0.2, -0.15) is 0 Å². The van der Waals surface area contributed by atoms with E-state index in [-0.39, 0.29) is 5.91 Å². The lowest BCUT2D eigenvalue weighted by Crippen LogP contribution is -2.43. The average Bonchev–Trinajstić information content (AvgIpc) is 3.42. The van der Waals surface area contributed by atoms with Crippen LogP contribution >= 0.6 is 0 Å². The lowest BCUT2D eigenvalue weighted by molar-refractivity contribution is -0.119. The van der Waals surface area contributed by atoms with E-state index >= 15 is 0 Å². The van der Waals surface area contributed by atoms with E-state index in [0.717, 1.165) is 29.1 Å². The molecule has 1 heterocycles. The number of benzodiazepines with no additional fused rings is 1. The van der Waals surface area contributed by atoms with Crippen molar-refractivity contribution in [2.24, 2.45) is 16.6 Å². The van der Waals surface area contributed by atoms with Crippen LogP contribution in [0.15, 0.2) is 59.6 Å². The van der Waals surface area contributed by atoms with Crippen LogP contribution in [-0.4, -0.2) is 24.3 Å². The maximum atomic E-state index is 12.7. The van der Waals surface area contributed by atoms with E-state index in [1.165, 1.54) is 12.8 Å². The number of nitrogens with zero attached hydrogens (tertiary/aromatic N) is 2. The van der Waals surface area contributed by atoms with Crippen LogP contribution in [0.25, 0.3) is 0 Å². The molecule has 1 unspecified atom stereocenters. The minimum atomic E-state index is -0.851. The number of nitrogens with two attached hydrogens (primary N) is 1. The highest BCUT2D eigenvalue weighted by Gasteiger charge is 2.33. The van der Waals surface area contributed by atoms with Gasteiger partial charge in [-0.15, -0.1) is 0 Å². The number of hydrogen-bond donors (Lipinski definition) is 1. The molecule has 2 N–H and O–H groups in total. The first-order valence-electron chi connectivity index (χ1n) is 8.03. The summed E-state index contributed by atoms with van der Waals surface area (Å²) in [5.74, 6) is 0.479. The van der Waals surface area contributed by atoms with Crippen molar-refractivity contribution < 1.29 is 4.79 Å². The summed E-state index contributed by atoms with van der Waals surface area (Å²) in [5.41, 5.74) is 9.76. The Balaban J connectivity index is 1.86. The number of amides is 1. The maximum absolute atomic E-state index is 12.7. The summed E-state index contributed by atoms with van der Waals surface area (Å²) in [6.07, 6.45) is 1.53. The quantitative estimate of drug-likeness (QED) is 0.947. The number of benzene rings is 2. The highest BCUT2D eigenvalue weighted by atomic mass is 16.2. The zero-order valence-corrected chi connectivity index (χ0v) is 12.9. The fraction of sp³-hybridized carbons (Fsp3) is 0.263. The fourth-order valence-electron chi connectivity index (χ4n) is 3.02. The number of carbonyl (C=O) groups is 1. The predicted octanol–water partition coefficient (Wildman–Crippen LogP) is 2.57. The predicted molar refractivity (Wildman–Crippen MR) is 91.6 cm³/mol. The van der Waals surface area contributed by atoms with Crippen molar-refractivity contribution >= 4 is 17.3 Å². The lowest BCUT2D eigenvalue weighted by Gasteiger charge is -2.24. The van der Waals surface area contributed by atoms with Gasteiger partial charge < -0.3 is 10.6 Å². The standard InChI is InChI=1S/C19H19N3O/c20-18-19(23)22(12-13-10-11-13)16-9-5-4-8-15(16)17(21-18)14-6-2-1-3-7-14/h1-9,13,18H,10-12,20H2. The Hall–Kier alpha value is -2.46. The Morgan fingerprint density at radius 3 is 2.48 bits per heavy atom. The number of para-hydroxylation sites is 1. The van der Waals surface area contributed by atoms with Gasteiger partial charge in [-0.3, -0.25) is 9.79 Å². The molecule has 1 saturated carbocycles. The SMILES string of the molecule is NC1N=C(c2ccccc2)c2ccccc2N(CC2CC2)C1=O. The van der Waals surface area contributed by atoms with Crippen molar-refractivity contribution in [2.45, 2.75) is 19.0 Å². The number of carbonyl (C=O) groups excluding carboxylic acids is 1. The second-order valence-corrected chi connectivity index (χ2v) is 6.20. The van der Waals surface area contributed by atoms with Gasteiger partial charge in [0.1, 0.15) is 0 Å². The first-order valence-corrected chi connectivity index (χ1v) is 8.03. The van der Waals surface area contributed by atoms with E-state index in [9.17, 15) is 4.79 Å². The van der Waals surface area contributed by atoms with Crippen molar-refractivity contribution in [3.8, 4) is 0 Å². The van der Waals surface area contributed by atoms with Crippen LogP contribution in [0.1, 0.15) is 24.0 Å². The largest absolute Gasteiger partial charge is 0.308 e. The third-order valence-corrected chi connectivity index (χ3v) is 4.42. The van der Waals surface area contributed by atoms with Gasteiger partial charge in [-0.25, -0.2) is 0 Å². The molecule has 1 atom stereocenters. The molecule has 4 heteroatoms. The molecule has 2 aromatic rings. The maximum Gasteiger partial charge on any atom is 0.266 e. The summed E-state index contributed by atoms with van der Waals surface area (Å²) in [6, 6.07) is 17.9. The minimum absolute atomic E-state index is 0.115. The Kier molecular flexibility index (Phi) is 3.46. The van der Waals surface area contributed by atoms with Gasteiger partial charge >= 0.3 is 0 Å². The van der Waals surface area contributed by atoms with E-state index < -0.39 is 6.17 Å². The summed E-state index contributed by atoms with van der Waals surface area (Å²) in [4.78, 5) is 19.1. The third-order valence-electron chi connectivity index (χ3n) is 4.42. The molecule has 0 spiro atoms. The van der Waals surface area contributed by atoms with Crippen LogP contribution < -0.4 is 10.6 Å². The zero-order valence-electron chi connectivity index (χ0n) is 12.9. The molecule has 116 valence electrons. The fourth-order valence-corrected chi connectivity index (χ4v) is 3.02. The lowest BCUT2D eigenvalue weighted by atomic mass is 10.00. The molecule has 23 heavy (non-hydrogen) atoms. The zero-order chi connectivity index (χ0) is 15.8. The molecule has 1 aliphatic heterocycles. The molecule has 1 fully saturated rings. The van der Waals surface area contributed by atoms with Gasteiger partial charge in [-0.05, 0) is 24.8 Å². The van der Waals surface area contributed by atoms with Gasteiger partial charge in [0, 0.05) is 17.7 Å². The number of hydrogen-bond acceptors (Lipinski definition) is 3. The molecule has 0 radical (unpaired) electrons. The van der Waals surface area contributed by atoms with Gasteiger partial charge in [-0.1, -0.05) is 48.5 Å². The first-order chi connectivity index (χ1) is 11.2. The highest BCUT2D eigenvalue weighted by Crippen LogP contribution is 2.34. The van der Waals surface area contributed by atoms with Gasteiger partial charge in [0.25, 0.3) is 5.91 Å². The van der Waals surface area contributed by atoms with Crippen LogP contribution in [0.2, 0.25) is 0 Å². The summed E-state index contributed by atoms with van der Waals surface area (Å²) in [6.45, 7) is 0.737. The molecule has 1 amide bonds. The van der Waals surface area contributed by atoms with Crippen molar-refractivity contribution in [1.82, 2.24) is 0 Å². The highest BCUT2D eigenvalue weighted by molar-refractivity contribution is 6.20. The molecule has 2 aromatic carbocycles. The van der Waals surface area contributed by atoms with Crippen molar-refractivity contribution in [3.63, 3.8) is 0 Å². The number of rotatable bonds is 3. The molecule has 0 saturated heterocycles. The topological polar surface area (TPSA) is 58.7 Å². The second kappa shape index (κ2) is 5.63. The molecule has 2 aliphatic rings. The molecule has 1 aliphatic carbocycles. The number of fused-ring (bicyclic) bond motifs is 1. The summed E-state index contributed by atoms with van der Waals surface area (Å²) < 4.78 is 0. The average molecular weight is 305 g/mol. The van der Waals surface area contributed by atoms with E-state index in [2.05, 4.69) is 4.99 Å². The number of aliphatic imine (C=N–C) groups is 1. The van der Waals surface area contributed by atoms with Crippen LogP contribution in [0.5, 0.6) is 0 Å². The summed E-state index contributed by atoms with van der Waals surface area (Å²) in [5, 5.41) is 0. The van der Waals surface area contributed by atoms with Crippen LogP contribution in [0.3, 0.4) is 0 Å². The minimum Gasteiger partial charge on any atom is -0.308 e. The summed E-state index contributed by atoms with van der Waals surface area (Å²) in [7, 11) is 0. The summed E-state index contributed by atoms with van der Waals surface area (Å²) >= 11 is 0. The molecule has 4 rings (SSSR count). The Morgan fingerprint density at radius 2 is 1.74 bits per heavy atom. The van der Waals surface area contributed by atoms with Crippen LogP contribution in [0.4, 0.5) is 5.69 Å². The smallest absolute Gasteiger partial charge is 0.266 e. The van der Waals surface area contributed by atoms with E-state index in [1.54, 1.807) is 0 Å². The molecular weight excluding hydrogens is 286 g/mol. The van der Waals surface area contributed by atoms with Crippen molar-refractivity contribution in [2.75, 3.05) is 11.4 Å². The Morgan fingerprint density at radius 1 is 1.04 bits per heavy atom. The first kappa shape index (κ1) is 14.2. The van der Waals surface area contributed by atoms with Gasteiger partial charge in [0.2, 0.25) is 0 Å². The van der Waals surface area contributed by atoms with Gasteiger partial charge in [0.15, 0.2) is 6.17 Å². The third kappa shape index (κ3) is 2.66. The normalized spacial score (nSPS) is 20.7. The van der Waals surface area contributed by atoms with E-state index in [4.69, 9.17) is 5.73 Å².